The third-order valence-electron chi connectivity index (χ3n) is 5.66. The number of carbonyl (C=O) groups is 2. The first-order valence-electron chi connectivity index (χ1n) is 10.0. The Morgan fingerprint density at radius 2 is 1.73 bits per heavy atom. The van der Waals surface area contributed by atoms with Crippen LogP contribution in [0.4, 0.5) is 11.5 Å². The topological polar surface area (TPSA) is 76.1 Å². The molecular formula is C24H24N4O2. The number of fused-ring (bicyclic) bond motifs is 1. The molecule has 0 radical (unpaired) electrons. The third kappa shape index (κ3) is 3.09. The van der Waals surface area contributed by atoms with Gasteiger partial charge in [-0.3, -0.25) is 14.5 Å². The number of anilines is 2. The van der Waals surface area contributed by atoms with Gasteiger partial charge in [0.05, 0.1) is 11.1 Å². The molecule has 30 heavy (non-hydrogen) atoms. The second-order valence-electron chi connectivity index (χ2n) is 8.13. The lowest BCUT2D eigenvalue weighted by Gasteiger charge is -2.20. The molecule has 0 bridgehead atoms. The summed E-state index contributed by atoms with van der Waals surface area (Å²) in [5, 5.41) is 0. The minimum Gasteiger partial charge on any atom is -0.292 e. The molecule has 0 spiro atoms. The number of hydrogen-bond donors (Lipinski definition) is 0. The highest BCUT2D eigenvalue weighted by molar-refractivity contribution is 6.12. The predicted molar refractivity (Wildman–Crippen MR) is 116 cm³/mol. The monoisotopic (exact) mass is 400 g/mol. The molecule has 0 aliphatic carbocycles. The molecule has 0 saturated carbocycles. The Morgan fingerprint density at radius 3 is 2.40 bits per heavy atom. The van der Waals surface area contributed by atoms with Gasteiger partial charge in [-0.25, -0.2) is 15.0 Å². The standard InChI is InChI=1S/C24H24N4O2/c1-6-20(29)22-14(2)7-10-21(27-22)28-19-11-16(17-12-25-15(3)26-13-17)8-9-18(19)24(4,5)23(28)30/h7-13H,6H2,1-5H3. The van der Waals surface area contributed by atoms with Crippen molar-refractivity contribution in [2.24, 2.45) is 0 Å². The van der Waals surface area contributed by atoms with E-state index in [-0.39, 0.29) is 11.7 Å². The number of amides is 1. The lowest BCUT2D eigenvalue weighted by atomic mass is 9.85. The van der Waals surface area contributed by atoms with E-state index in [1.54, 1.807) is 23.4 Å². The zero-order valence-electron chi connectivity index (χ0n) is 17.9. The molecule has 1 aromatic carbocycles. The smallest absolute Gasteiger partial charge is 0.242 e. The van der Waals surface area contributed by atoms with Gasteiger partial charge in [-0.15, -0.1) is 0 Å². The van der Waals surface area contributed by atoms with E-state index in [4.69, 9.17) is 0 Å². The molecule has 6 nitrogen and oxygen atoms in total. The number of aromatic nitrogens is 3. The number of benzene rings is 1. The van der Waals surface area contributed by atoms with E-state index in [1.165, 1.54) is 0 Å². The summed E-state index contributed by atoms with van der Waals surface area (Å²) >= 11 is 0. The minimum atomic E-state index is -0.695. The minimum absolute atomic E-state index is 0.0361. The molecule has 3 aromatic rings. The lowest BCUT2D eigenvalue weighted by Crippen LogP contribution is -2.33. The average molecular weight is 400 g/mol. The van der Waals surface area contributed by atoms with E-state index in [9.17, 15) is 9.59 Å². The first-order chi connectivity index (χ1) is 14.2. The third-order valence-corrected chi connectivity index (χ3v) is 5.66. The molecule has 0 N–H and O–H groups in total. The van der Waals surface area contributed by atoms with Crippen molar-refractivity contribution in [3.05, 3.63) is 65.4 Å². The second-order valence-corrected chi connectivity index (χ2v) is 8.13. The van der Waals surface area contributed by atoms with Crippen LogP contribution in [0.5, 0.6) is 0 Å². The van der Waals surface area contributed by atoms with E-state index in [0.717, 1.165) is 27.9 Å². The highest BCUT2D eigenvalue weighted by Gasteiger charge is 2.45. The van der Waals surface area contributed by atoms with Crippen molar-refractivity contribution in [3.8, 4) is 11.1 Å². The fourth-order valence-corrected chi connectivity index (χ4v) is 3.79. The van der Waals surface area contributed by atoms with E-state index < -0.39 is 5.41 Å². The normalized spacial score (nSPS) is 14.7. The zero-order chi connectivity index (χ0) is 21.6. The van der Waals surface area contributed by atoms with Crippen molar-refractivity contribution in [2.45, 2.75) is 46.5 Å². The molecule has 0 fully saturated rings. The summed E-state index contributed by atoms with van der Waals surface area (Å²) < 4.78 is 0. The van der Waals surface area contributed by atoms with E-state index in [2.05, 4.69) is 15.0 Å². The molecule has 0 saturated heterocycles. The van der Waals surface area contributed by atoms with Gasteiger partial charge in [-0.2, -0.15) is 0 Å². The molecule has 4 rings (SSSR count). The van der Waals surface area contributed by atoms with Crippen LogP contribution >= 0.6 is 0 Å². The number of hydrogen-bond acceptors (Lipinski definition) is 5. The summed E-state index contributed by atoms with van der Waals surface area (Å²) in [5.74, 6) is 1.06. The summed E-state index contributed by atoms with van der Waals surface area (Å²) in [4.78, 5) is 40.5. The molecule has 1 aliphatic rings. The number of pyridine rings is 1. The van der Waals surface area contributed by atoms with Gasteiger partial charge in [0.25, 0.3) is 0 Å². The number of ketones is 1. The number of aryl methyl sites for hydroxylation is 2. The maximum Gasteiger partial charge on any atom is 0.242 e. The number of carbonyl (C=O) groups excluding carboxylic acids is 2. The zero-order valence-corrected chi connectivity index (χ0v) is 17.9. The van der Waals surface area contributed by atoms with Crippen molar-refractivity contribution in [1.82, 2.24) is 15.0 Å². The van der Waals surface area contributed by atoms with Gasteiger partial charge < -0.3 is 0 Å². The Kier molecular flexibility index (Phi) is 4.73. The maximum atomic E-state index is 13.4. The van der Waals surface area contributed by atoms with Crippen molar-refractivity contribution in [1.29, 1.82) is 0 Å². The Balaban J connectivity index is 1.87. The number of nitrogens with zero attached hydrogens (tertiary/aromatic N) is 4. The lowest BCUT2D eigenvalue weighted by molar-refractivity contribution is -0.121. The van der Waals surface area contributed by atoms with Crippen LogP contribution in [0.3, 0.4) is 0 Å². The summed E-state index contributed by atoms with van der Waals surface area (Å²) in [6.45, 7) is 9.34. The van der Waals surface area contributed by atoms with E-state index >= 15 is 0 Å². The molecule has 0 atom stereocenters. The van der Waals surface area contributed by atoms with Crippen LogP contribution in [0.2, 0.25) is 0 Å². The van der Waals surface area contributed by atoms with Crippen LogP contribution in [0, 0.1) is 13.8 Å². The maximum absolute atomic E-state index is 13.4. The summed E-state index contributed by atoms with van der Waals surface area (Å²) in [6.07, 6.45) is 3.92. The average Bonchev–Trinajstić information content (AvgIpc) is 2.94. The summed E-state index contributed by atoms with van der Waals surface area (Å²) in [5.41, 5.74) is 4.02. The summed E-state index contributed by atoms with van der Waals surface area (Å²) in [7, 11) is 0. The second kappa shape index (κ2) is 7.13. The first-order valence-corrected chi connectivity index (χ1v) is 10.0. The fraction of sp³-hybridized carbons (Fsp3) is 0.292. The van der Waals surface area contributed by atoms with Crippen LogP contribution in [-0.2, 0) is 10.2 Å². The van der Waals surface area contributed by atoms with Gasteiger partial charge in [0.2, 0.25) is 5.91 Å². The van der Waals surface area contributed by atoms with Gasteiger partial charge in [-0.1, -0.05) is 25.1 Å². The van der Waals surface area contributed by atoms with Crippen LogP contribution in [0.1, 0.15) is 54.6 Å². The van der Waals surface area contributed by atoms with Crippen LogP contribution in [0.25, 0.3) is 11.1 Å². The van der Waals surface area contributed by atoms with Gasteiger partial charge >= 0.3 is 0 Å². The molecule has 6 heteroatoms. The first kappa shape index (κ1) is 19.9. The van der Waals surface area contributed by atoms with Crippen LogP contribution in [-0.4, -0.2) is 26.6 Å². The molecule has 1 aliphatic heterocycles. The van der Waals surface area contributed by atoms with E-state index in [1.807, 2.05) is 58.9 Å². The van der Waals surface area contributed by atoms with Gasteiger partial charge in [0.1, 0.15) is 17.3 Å². The molecule has 2 aromatic heterocycles. The summed E-state index contributed by atoms with van der Waals surface area (Å²) in [6, 6.07) is 9.58. The SMILES string of the molecule is CCC(=O)c1nc(N2C(=O)C(C)(C)c3ccc(-c4cnc(C)nc4)cc32)ccc1C. The van der Waals surface area contributed by atoms with Gasteiger partial charge in [0.15, 0.2) is 5.78 Å². The predicted octanol–water partition coefficient (Wildman–Crippen LogP) is 4.70. The molecule has 1 amide bonds. The highest BCUT2D eigenvalue weighted by Crippen LogP contribution is 2.46. The Morgan fingerprint density at radius 1 is 1.03 bits per heavy atom. The quantitative estimate of drug-likeness (QED) is 0.593. The van der Waals surface area contributed by atoms with Crippen molar-refractivity contribution < 1.29 is 9.59 Å². The number of rotatable bonds is 4. The van der Waals surface area contributed by atoms with Crippen LogP contribution in [0.15, 0.2) is 42.7 Å². The van der Waals surface area contributed by atoms with Crippen molar-refractivity contribution in [2.75, 3.05) is 4.90 Å². The van der Waals surface area contributed by atoms with Crippen molar-refractivity contribution >= 4 is 23.2 Å². The Bertz CT molecular complexity index is 1170. The highest BCUT2D eigenvalue weighted by atomic mass is 16.2. The Hall–Kier alpha value is -3.41. The fourth-order valence-electron chi connectivity index (χ4n) is 3.79. The molecule has 152 valence electrons. The van der Waals surface area contributed by atoms with Gasteiger partial charge in [0, 0.05) is 24.4 Å². The number of Topliss-reactive ketones (excluding diaryl/α,β-unsaturated/α-hetero) is 1. The molecular weight excluding hydrogens is 376 g/mol. The Labute approximate surface area is 176 Å². The van der Waals surface area contributed by atoms with Gasteiger partial charge in [-0.05, 0) is 56.5 Å². The van der Waals surface area contributed by atoms with E-state index in [0.29, 0.717) is 23.8 Å². The van der Waals surface area contributed by atoms with Crippen LogP contribution < -0.4 is 4.90 Å². The largest absolute Gasteiger partial charge is 0.292 e. The molecule has 0 unspecified atom stereocenters. The van der Waals surface area contributed by atoms with Crippen molar-refractivity contribution in [3.63, 3.8) is 0 Å². The molecule has 3 heterocycles.